The Morgan fingerprint density at radius 2 is 2.29 bits per heavy atom. The van der Waals surface area contributed by atoms with Gasteiger partial charge in [-0.15, -0.1) is 0 Å². The summed E-state index contributed by atoms with van der Waals surface area (Å²) in [6, 6.07) is 0. The van der Waals surface area contributed by atoms with Gasteiger partial charge in [0, 0.05) is 20.0 Å². The Labute approximate surface area is 122 Å². The Morgan fingerprint density at radius 1 is 1.57 bits per heavy atom. The third-order valence-corrected chi connectivity index (χ3v) is 3.54. The number of ether oxygens (including phenoxy) is 1. The lowest BCUT2D eigenvalue weighted by atomic mass is 10.3. The Hall–Kier alpha value is -2.12. The largest absolute Gasteiger partial charge is 0.462 e. The fourth-order valence-electron chi connectivity index (χ4n) is 2.45. The van der Waals surface area contributed by atoms with Crippen LogP contribution < -0.4 is 5.32 Å². The minimum Gasteiger partial charge on any atom is -0.462 e. The molecule has 1 fully saturated rings. The number of esters is 1. The maximum absolute atomic E-state index is 11.6. The van der Waals surface area contributed by atoms with Crippen LogP contribution in [0.15, 0.2) is 6.33 Å². The number of nitrogens with zero attached hydrogens (tertiary/aromatic N) is 3. The standard InChI is InChI=1S/C13H20N4O4/c1-16-9-15-13(17(19)20)12(16)14-8-4-7-11(18)21-10-5-2-3-6-10/h9-10,14H,2-8H2,1H3. The number of aryl methyl sites for hydroxylation is 1. The summed E-state index contributed by atoms with van der Waals surface area (Å²) in [5, 5.41) is 13.7. The summed E-state index contributed by atoms with van der Waals surface area (Å²) in [5.41, 5.74) is 0. The van der Waals surface area contributed by atoms with Crippen molar-refractivity contribution in [1.82, 2.24) is 9.55 Å². The maximum Gasteiger partial charge on any atom is 0.406 e. The average Bonchev–Trinajstić information content (AvgIpc) is 3.05. The summed E-state index contributed by atoms with van der Waals surface area (Å²) in [6.07, 6.45) is 6.53. The Bertz CT molecular complexity index is 508. The van der Waals surface area contributed by atoms with E-state index in [1.165, 1.54) is 6.33 Å². The van der Waals surface area contributed by atoms with Crippen molar-refractivity contribution in [3.63, 3.8) is 0 Å². The SMILES string of the molecule is Cn1cnc([N+](=O)[O-])c1NCCCC(=O)OC1CCCC1. The summed E-state index contributed by atoms with van der Waals surface area (Å²) < 4.78 is 6.89. The van der Waals surface area contributed by atoms with Crippen molar-refractivity contribution >= 4 is 17.6 Å². The molecule has 1 saturated carbocycles. The molecule has 0 unspecified atom stereocenters. The zero-order valence-electron chi connectivity index (χ0n) is 12.1. The van der Waals surface area contributed by atoms with Crippen LogP contribution in [0.5, 0.6) is 0 Å². The third kappa shape index (κ3) is 4.17. The molecule has 0 radical (unpaired) electrons. The van der Waals surface area contributed by atoms with Gasteiger partial charge in [-0.05, 0) is 42.0 Å². The van der Waals surface area contributed by atoms with Gasteiger partial charge < -0.3 is 20.2 Å². The van der Waals surface area contributed by atoms with Gasteiger partial charge in [-0.1, -0.05) is 0 Å². The van der Waals surface area contributed by atoms with E-state index >= 15 is 0 Å². The van der Waals surface area contributed by atoms with Crippen molar-refractivity contribution in [1.29, 1.82) is 0 Å². The van der Waals surface area contributed by atoms with Crippen molar-refractivity contribution in [3.8, 4) is 0 Å². The molecule has 2 rings (SSSR count). The first-order valence-electron chi connectivity index (χ1n) is 7.17. The lowest BCUT2D eigenvalue weighted by molar-refractivity contribution is -0.388. The topological polar surface area (TPSA) is 99.3 Å². The molecular weight excluding hydrogens is 276 g/mol. The van der Waals surface area contributed by atoms with Gasteiger partial charge in [0.1, 0.15) is 6.10 Å². The highest BCUT2D eigenvalue weighted by molar-refractivity contribution is 5.69. The van der Waals surface area contributed by atoms with Crippen LogP contribution in [0.2, 0.25) is 0 Å². The highest BCUT2D eigenvalue weighted by atomic mass is 16.6. The van der Waals surface area contributed by atoms with E-state index in [4.69, 9.17) is 4.74 Å². The van der Waals surface area contributed by atoms with Crippen LogP contribution in [0, 0.1) is 10.1 Å². The smallest absolute Gasteiger partial charge is 0.406 e. The lowest BCUT2D eigenvalue weighted by Crippen LogP contribution is -2.16. The predicted octanol–water partition coefficient (Wildman–Crippen LogP) is 2.01. The summed E-state index contributed by atoms with van der Waals surface area (Å²) in [6.45, 7) is 0.458. The predicted molar refractivity (Wildman–Crippen MR) is 75.9 cm³/mol. The molecule has 21 heavy (non-hydrogen) atoms. The van der Waals surface area contributed by atoms with Crippen LogP contribution in [0.25, 0.3) is 0 Å². The van der Waals surface area contributed by atoms with Gasteiger partial charge in [0.25, 0.3) is 0 Å². The number of carbonyl (C=O) groups is 1. The van der Waals surface area contributed by atoms with E-state index in [0.29, 0.717) is 25.2 Å². The molecule has 0 aliphatic heterocycles. The van der Waals surface area contributed by atoms with Gasteiger partial charge in [-0.2, -0.15) is 0 Å². The molecule has 8 heteroatoms. The number of aromatic nitrogens is 2. The van der Waals surface area contributed by atoms with E-state index in [0.717, 1.165) is 25.7 Å². The maximum atomic E-state index is 11.6. The number of nitro groups is 1. The number of hydrogen-bond donors (Lipinski definition) is 1. The number of hydrogen-bond acceptors (Lipinski definition) is 6. The molecule has 0 amide bonds. The van der Waals surface area contributed by atoms with E-state index in [2.05, 4.69) is 10.3 Å². The van der Waals surface area contributed by atoms with Gasteiger partial charge in [0.15, 0.2) is 0 Å². The molecule has 1 aliphatic rings. The van der Waals surface area contributed by atoms with Crippen LogP contribution in [0.1, 0.15) is 38.5 Å². The monoisotopic (exact) mass is 296 g/mol. The third-order valence-electron chi connectivity index (χ3n) is 3.54. The number of carbonyl (C=O) groups excluding carboxylic acids is 1. The molecule has 0 bridgehead atoms. The normalized spacial score (nSPS) is 15.1. The van der Waals surface area contributed by atoms with Crippen LogP contribution in [-0.2, 0) is 16.6 Å². The van der Waals surface area contributed by atoms with Crippen molar-refractivity contribution in [3.05, 3.63) is 16.4 Å². The van der Waals surface area contributed by atoms with Gasteiger partial charge >= 0.3 is 11.8 Å². The van der Waals surface area contributed by atoms with Crippen molar-refractivity contribution in [2.45, 2.75) is 44.6 Å². The van der Waals surface area contributed by atoms with Crippen LogP contribution in [0.4, 0.5) is 11.6 Å². The molecule has 0 atom stereocenters. The Kier molecular flexibility index (Phi) is 5.13. The summed E-state index contributed by atoms with van der Waals surface area (Å²) in [4.78, 5) is 25.6. The number of rotatable bonds is 7. The van der Waals surface area contributed by atoms with E-state index in [1.807, 2.05) is 0 Å². The highest BCUT2D eigenvalue weighted by Crippen LogP contribution is 2.22. The second kappa shape index (κ2) is 7.05. The van der Waals surface area contributed by atoms with E-state index in [9.17, 15) is 14.9 Å². The first-order chi connectivity index (χ1) is 10.1. The van der Waals surface area contributed by atoms with Crippen LogP contribution >= 0.6 is 0 Å². The Balaban J connectivity index is 1.71. The molecule has 8 nitrogen and oxygen atoms in total. The van der Waals surface area contributed by atoms with E-state index in [1.54, 1.807) is 11.6 Å². The zero-order chi connectivity index (χ0) is 15.2. The number of nitrogens with one attached hydrogen (secondary N) is 1. The van der Waals surface area contributed by atoms with E-state index < -0.39 is 4.92 Å². The van der Waals surface area contributed by atoms with Gasteiger partial charge in [-0.25, -0.2) is 0 Å². The molecule has 1 aromatic heterocycles. The van der Waals surface area contributed by atoms with E-state index in [-0.39, 0.29) is 17.9 Å². The van der Waals surface area contributed by atoms with Crippen molar-refractivity contribution in [2.24, 2.45) is 7.05 Å². The molecule has 0 aromatic carbocycles. The molecule has 1 aliphatic carbocycles. The Morgan fingerprint density at radius 3 is 2.95 bits per heavy atom. The summed E-state index contributed by atoms with van der Waals surface area (Å²) in [5.74, 6) is -0.0431. The molecule has 1 aromatic rings. The summed E-state index contributed by atoms with van der Waals surface area (Å²) >= 11 is 0. The second-order valence-corrected chi connectivity index (χ2v) is 5.21. The molecular formula is C13H20N4O4. The first kappa shape index (κ1) is 15.3. The van der Waals surface area contributed by atoms with Gasteiger partial charge in [0.2, 0.25) is 12.1 Å². The number of anilines is 1. The van der Waals surface area contributed by atoms with Crippen molar-refractivity contribution < 1.29 is 14.5 Å². The fraction of sp³-hybridized carbons (Fsp3) is 0.692. The first-order valence-corrected chi connectivity index (χ1v) is 7.17. The summed E-state index contributed by atoms with van der Waals surface area (Å²) in [7, 11) is 1.68. The van der Waals surface area contributed by atoms with Crippen LogP contribution in [0.3, 0.4) is 0 Å². The zero-order valence-corrected chi connectivity index (χ0v) is 12.1. The average molecular weight is 296 g/mol. The molecule has 0 saturated heterocycles. The molecule has 116 valence electrons. The lowest BCUT2D eigenvalue weighted by Gasteiger charge is -2.11. The minimum absolute atomic E-state index is 0.0867. The molecule has 1 heterocycles. The van der Waals surface area contributed by atoms with Gasteiger partial charge in [0.05, 0.1) is 0 Å². The van der Waals surface area contributed by atoms with Crippen LogP contribution in [-0.4, -0.2) is 33.1 Å². The van der Waals surface area contributed by atoms with Gasteiger partial charge in [-0.3, -0.25) is 9.36 Å². The second-order valence-electron chi connectivity index (χ2n) is 5.21. The van der Waals surface area contributed by atoms with Crippen molar-refractivity contribution in [2.75, 3.05) is 11.9 Å². The molecule has 0 spiro atoms. The minimum atomic E-state index is -0.531. The highest BCUT2D eigenvalue weighted by Gasteiger charge is 2.20. The number of imidazole rings is 1. The fourth-order valence-corrected chi connectivity index (χ4v) is 2.45. The molecule has 1 N–H and O–H groups in total. The quantitative estimate of drug-likeness (QED) is 0.357.